The molecule has 2 heteroatoms. The molecule has 0 radical (unpaired) electrons. The molecule has 0 aliphatic rings. The predicted octanol–water partition coefficient (Wildman–Crippen LogP) is 3.78. The van der Waals surface area contributed by atoms with E-state index in [1.54, 1.807) is 0 Å². The van der Waals surface area contributed by atoms with Crippen LogP contribution in [-0.2, 0) is 6.42 Å². The van der Waals surface area contributed by atoms with E-state index >= 15 is 0 Å². The molecule has 1 aromatic carbocycles. The van der Waals surface area contributed by atoms with E-state index in [-0.39, 0.29) is 5.82 Å². The summed E-state index contributed by atoms with van der Waals surface area (Å²) in [5, 5.41) is 3.51. The quantitative estimate of drug-likeness (QED) is 0.821. The third-order valence-electron chi connectivity index (χ3n) is 2.75. The Morgan fingerprint density at radius 1 is 1.18 bits per heavy atom. The van der Waals surface area contributed by atoms with Gasteiger partial charge in [0.05, 0.1) is 0 Å². The minimum absolute atomic E-state index is 0.162. The van der Waals surface area contributed by atoms with Crippen molar-refractivity contribution >= 4 is 0 Å². The van der Waals surface area contributed by atoms with Crippen molar-refractivity contribution in [1.82, 2.24) is 5.32 Å². The van der Waals surface area contributed by atoms with E-state index in [2.05, 4.69) is 33.0 Å². The van der Waals surface area contributed by atoms with Crippen molar-refractivity contribution < 1.29 is 4.39 Å². The summed E-state index contributed by atoms with van der Waals surface area (Å²) >= 11 is 0. The second-order valence-electron chi connectivity index (χ2n) is 5.85. The maximum absolute atomic E-state index is 12.8. The topological polar surface area (TPSA) is 12.0 Å². The summed E-state index contributed by atoms with van der Waals surface area (Å²) in [5.41, 5.74) is 1.51. The molecule has 0 aliphatic heterocycles. The summed E-state index contributed by atoms with van der Waals surface area (Å²) in [7, 11) is 0. The van der Waals surface area contributed by atoms with Gasteiger partial charge in [0, 0.05) is 6.04 Å². The highest BCUT2D eigenvalue weighted by molar-refractivity contribution is 5.17. The predicted molar refractivity (Wildman–Crippen MR) is 71.6 cm³/mol. The number of halogens is 1. The van der Waals surface area contributed by atoms with Gasteiger partial charge in [-0.3, -0.25) is 0 Å². The van der Waals surface area contributed by atoms with E-state index in [1.165, 1.54) is 17.7 Å². The van der Waals surface area contributed by atoms with Gasteiger partial charge in [-0.25, -0.2) is 4.39 Å². The van der Waals surface area contributed by atoms with Gasteiger partial charge in [0.15, 0.2) is 0 Å². The van der Waals surface area contributed by atoms with E-state index in [4.69, 9.17) is 0 Å². The lowest BCUT2D eigenvalue weighted by molar-refractivity contribution is 0.309. The maximum atomic E-state index is 12.8. The molecule has 1 aromatic rings. The number of nitrogens with one attached hydrogen (secondary N) is 1. The first-order chi connectivity index (χ1) is 7.90. The number of benzene rings is 1. The number of rotatable bonds is 5. The lowest BCUT2D eigenvalue weighted by Crippen LogP contribution is -2.34. The Bertz CT molecular complexity index is 324. The molecule has 1 N–H and O–H groups in total. The molecule has 1 rings (SSSR count). The minimum Gasteiger partial charge on any atom is -0.314 e. The van der Waals surface area contributed by atoms with Crippen molar-refractivity contribution in [2.24, 2.45) is 5.41 Å². The van der Waals surface area contributed by atoms with Gasteiger partial charge in [-0.1, -0.05) is 39.8 Å². The minimum atomic E-state index is -0.162. The largest absolute Gasteiger partial charge is 0.314 e. The van der Waals surface area contributed by atoms with Crippen LogP contribution in [-0.4, -0.2) is 12.6 Å². The van der Waals surface area contributed by atoms with Gasteiger partial charge in [0.25, 0.3) is 0 Å². The van der Waals surface area contributed by atoms with Crippen LogP contribution in [0.3, 0.4) is 0 Å². The summed E-state index contributed by atoms with van der Waals surface area (Å²) in [5.74, 6) is -0.162. The molecule has 1 atom stereocenters. The van der Waals surface area contributed by atoms with Gasteiger partial charge in [-0.05, 0) is 42.5 Å². The fourth-order valence-corrected chi connectivity index (χ4v) is 2.15. The average molecular weight is 237 g/mol. The molecular weight excluding hydrogens is 213 g/mol. The van der Waals surface area contributed by atoms with Crippen LogP contribution >= 0.6 is 0 Å². The van der Waals surface area contributed by atoms with Gasteiger partial charge in [-0.15, -0.1) is 0 Å². The molecule has 0 saturated carbocycles. The van der Waals surface area contributed by atoms with Crippen LogP contribution in [0.1, 0.15) is 39.7 Å². The van der Waals surface area contributed by atoms with E-state index < -0.39 is 0 Å². The molecule has 0 fully saturated rings. The molecule has 17 heavy (non-hydrogen) atoms. The Morgan fingerprint density at radius 2 is 1.76 bits per heavy atom. The molecule has 0 amide bonds. The van der Waals surface area contributed by atoms with Crippen molar-refractivity contribution in [2.75, 3.05) is 6.54 Å². The zero-order chi connectivity index (χ0) is 12.9. The highest BCUT2D eigenvalue weighted by Gasteiger charge is 2.18. The molecule has 0 heterocycles. The lowest BCUT2D eigenvalue weighted by Gasteiger charge is -2.26. The number of hydrogen-bond acceptors (Lipinski definition) is 1. The monoisotopic (exact) mass is 237 g/mol. The first-order valence-corrected chi connectivity index (χ1v) is 6.38. The maximum Gasteiger partial charge on any atom is 0.123 e. The zero-order valence-electron chi connectivity index (χ0n) is 11.4. The van der Waals surface area contributed by atoms with Crippen LogP contribution in [0.15, 0.2) is 24.3 Å². The number of hydrogen-bond donors (Lipinski definition) is 1. The van der Waals surface area contributed by atoms with E-state index in [1.807, 2.05) is 12.1 Å². The summed E-state index contributed by atoms with van der Waals surface area (Å²) in [6.07, 6.45) is 2.09. The van der Waals surface area contributed by atoms with Gasteiger partial charge in [0.1, 0.15) is 5.82 Å². The second kappa shape index (κ2) is 6.15. The van der Waals surface area contributed by atoms with Gasteiger partial charge >= 0.3 is 0 Å². The Kier molecular flexibility index (Phi) is 5.13. The first kappa shape index (κ1) is 14.2. The summed E-state index contributed by atoms with van der Waals surface area (Å²) in [6, 6.07) is 7.29. The average Bonchev–Trinajstić information content (AvgIpc) is 2.19. The fourth-order valence-electron chi connectivity index (χ4n) is 2.15. The van der Waals surface area contributed by atoms with Crippen molar-refractivity contribution in [3.05, 3.63) is 35.6 Å². The van der Waals surface area contributed by atoms with Crippen LogP contribution in [0, 0.1) is 11.2 Å². The van der Waals surface area contributed by atoms with E-state index in [0.29, 0.717) is 11.5 Å². The third-order valence-corrected chi connectivity index (χ3v) is 2.75. The van der Waals surface area contributed by atoms with E-state index in [0.717, 1.165) is 19.4 Å². The second-order valence-corrected chi connectivity index (χ2v) is 5.85. The Labute approximate surface area is 104 Å². The van der Waals surface area contributed by atoms with Crippen LogP contribution in [0.25, 0.3) is 0 Å². The fraction of sp³-hybridized carbons (Fsp3) is 0.600. The normalized spacial score (nSPS) is 13.7. The standard InChI is InChI=1S/C15H24FN/c1-5-17-14(11-15(2,3)4)10-12-6-8-13(16)9-7-12/h6-9,14,17H,5,10-11H2,1-4H3. The Balaban J connectivity index is 2.63. The Hall–Kier alpha value is -0.890. The summed E-state index contributed by atoms with van der Waals surface area (Å²) in [4.78, 5) is 0. The highest BCUT2D eigenvalue weighted by atomic mass is 19.1. The molecule has 1 nitrogen and oxygen atoms in total. The molecule has 96 valence electrons. The van der Waals surface area contributed by atoms with E-state index in [9.17, 15) is 4.39 Å². The van der Waals surface area contributed by atoms with Crippen LogP contribution < -0.4 is 5.32 Å². The molecule has 0 saturated heterocycles. The van der Waals surface area contributed by atoms with Crippen LogP contribution in [0.4, 0.5) is 4.39 Å². The Morgan fingerprint density at radius 3 is 2.24 bits per heavy atom. The van der Waals surface area contributed by atoms with Gasteiger partial charge < -0.3 is 5.32 Å². The molecule has 1 unspecified atom stereocenters. The number of likely N-dealkylation sites (N-methyl/N-ethyl adjacent to an activating group) is 1. The van der Waals surface area contributed by atoms with Gasteiger partial charge in [0.2, 0.25) is 0 Å². The van der Waals surface area contributed by atoms with Crippen LogP contribution in [0.2, 0.25) is 0 Å². The zero-order valence-corrected chi connectivity index (χ0v) is 11.4. The molecule has 0 aliphatic carbocycles. The lowest BCUT2D eigenvalue weighted by atomic mass is 9.86. The summed E-state index contributed by atoms with van der Waals surface area (Å²) < 4.78 is 12.8. The summed E-state index contributed by atoms with van der Waals surface area (Å²) in [6.45, 7) is 9.86. The van der Waals surface area contributed by atoms with Crippen molar-refractivity contribution in [3.8, 4) is 0 Å². The molecule has 0 bridgehead atoms. The van der Waals surface area contributed by atoms with Crippen LogP contribution in [0.5, 0.6) is 0 Å². The molecule has 0 aromatic heterocycles. The first-order valence-electron chi connectivity index (χ1n) is 6.38. The SMILES string of the molecule is CCNC(Cc1ccc(F)cc1)CC(C)(C)C. The van der Waals surface area contributed by atoms with Gasteiger partial charge in [-0.2, -0.15) is 0 Å². The molecule has 0 spiro atoms. The third kappa shape index (κ3) is 5.83. The van der Waals surface area contributed by atoms with Crippen molar-refractivity contribution in [2.45, 2.75) is 46.6 Å². The molecular formula is C15H24FN. The smallest absolute Gasteiger partial charge is 0.123 e. The van der Waals surface area contributed by atoms with Crippen molar-refractivity contribution in [3.63, 3.8) is 0 Å². The van der Waals surface area contributed by atoms with Crippen molar-refractivity contribution in [1.29, 1.82) is 0 Å². The highest BCUT2D eigenvalue weighted by Crippen LogP contribution is 2.22.